The monoisotopic (exact) mass is 292 g/mol. The highest BCUT2D eigenvalue weighted by atomic mass is 16.3. The minimum atomic E-state index is -0.156. The summed E-state index contributed by atoms with van der Waals surface area (Å²) < 4.78 is 0. The number of carbonyl (C=O) groups excluding carboxylic acids is 1. The summed E-state index contributed by atoms with van der Waals surface area (Å²) in [4.78, 5) is 12.0. The summed E-state index contributed by atoms with van der Waals surface area (Å²) >= 11 is 0. The fourth-order valence-corrected chi connectivity index (χ4v) is 2.14. The second kappa shape index (κ2) is 8.03. The average Bonchev–Trinajstić information content (AvgIpc) is 2.45. The minimum absolute atomic E-state index is 0.0494. The summed E-state index contributed by atoms with van der Waals surface area (Å²) in [5, 5.41) is 14.8. The number of nitrogens with one attached hydrogen (secondary N) is 2. The maximum absolute atomic E-state index is 12.0. The Hall–Kier alpha value is -1.55. The number of aliphatic hydroxyl groups excluding tert-OH is 1. The molecule has 0 saturated heterocycles. The summed E-state index contributed by atoms with van der Waals surface area (Å²) in [7, 11) is 0. The molecule has 0 fully saturated rings. The van der Waals surface area contributed by atoms with Gasteiger partial charge in [0.15, 0.2) is 0 Å². The van der Waals surface area contributed by atoms with E-state index in [-0.39, 0.29) is 30.0 Å². The first-order valence-electron chi connectivity index (χ1n) is 7.56. The SMILES string of the molecule is CC(NC(=O)NCC(C)(C)CCO)C(C)c1ccccc1. The third-order valence-electron chi connectivity index (χ3n) is 3.95. The quantitative estimate of drug-likeness (QED) is 0.723. The van der Waals surface area contributed by atoms with E-state index in [1.54, 1.807) is 0 Å². The number of urea groups is 1. The fourth-order valence-electron chi connectivity index (χ4n) is 2.14. The van der Waals surface area contributed by atoms with Crippen LogP contribution in [0.2, 0.25) is 0 Å². The van der Waals surface area contributed by atoms with E-state index in [2.05, 4.69) is 29.7 Å². The van der Waals surface area contributed by atoms with E-state index in [0.29, 0.717) is 13.0 Å². The Balaban J connectivity index is 2.44. The van der Waals surface area contributed by atoms with Gasteiger partial charge in [-0.2, -0.15) is 0 Å². The lowest BCUT2D eigenvalue weighted by Gasteiger charge is -2.26. The molecule has 1 aromatic rings. The van der Waals surface area contributed by atoms with Crippen molar-refractivity contribution in [3.05, 3.63) is 35.9 Å². The van der Waals surface area contributed by atoms with E-state index >= 15 is 0 Å². The average molecular weight is 292 g/mol. The van der Waals surface area contributed by atoms with Gasteiger partial charge in [-0.25, -0.2) is 4.79 Å². The molecule has 1 rings (SSSR count). The highest BCUT2D eigenvalue weighted by Gasteiger charge is 2.20. The van der Waals surface area contributed by atoms with E-state index in [0.717, 1.165) is 0 Å². The highest BCUT2D eigenvalue weighted by Crippen LogP contribution is 2.19. The van der Waals surface area contributed by atoms with Crippen LogP contribution in [0.5, 0.6) is 0 Å². The van der Waals surface area contributed by atoms with Gasteiger partial charge in [-0.15, -0.1) is 0 Å². The molecule has 0 bridgehead atoms. The summed E-state index contributed by atoms with van der Waals surface area (Å²) in [6, 6.07) is 10.1. The Morgan fingerprint density at radius 2 is 1.86 bits per heavy atom. The van der Waals surface area contributed by atoms with Gasteiger partial charge in [0.05, 0.1) is 0 Å². The molecule has 3 N–H and O–H groups in total. The topological polar surface area (TPSA) is 61.4 Å². The number of benzene rings is 1. The maximum Gasteiger partial charge on any atom is 0.315 e. The predicted molar refractivity (Wildman–Crippen MR) is 86.3 cm³/mol. The van der Waals surface area contributed by atoms with Crippen LogP contribution in [0.3, 0.4) is 0 Å². The molecule has 4 nitrogen and oxygen atoms in total. The van der Waals surface area contributed by atoms with E-state index in [1.165, 1.54) is 5.56 Å². The Bertz CT molecular complexity index is 432. The Morgan fingerprint density at radius 1 is 1.24 bits per heavy atom. The molecule has 2 unspecified atom stereocenters. The minimum Gasteiger partial charge on any atom is -0.396 e. The van der Waals surface area contributed by atoms with Crippen LogP contribution in [0.4, 0.5) is 4.79 Å². The number of rotatable bonds is 7. The molecule has 0 aliphatic rings. The van der Waals surface area contributed by atoms with Crippen LogP contribution >= 0.6 is 0 Å². The molecule has 1 aromatic carbocycles. The summed E-state index contributed by atoms with van der Waals surface area (Å²) in [5.41, 5.74) is 1.12. The van der Waals surface area contributed by atoms with Gasteiger partial charge in [-0.1, -0.05) is 51.1 Å². The third-order valence-corrected chi connectivity index (χ3v) is 3.95. The molecule has 2 atom stereocenters. The van der Waals surface area contributed by atoms with Crippen LogP contribution in [-0.4, -0.2) is 30.3 Å². The van der Waals surface area contributed by atoms with Crippen molar-refractivity contribution in [1.29, 1.82) is 0 Å². The number of amides is 2. The van der Waals surface area contributed by atoms with Gasteiger partial charge in [0.25, 0.3) is 0 Å². The maximum atomic E-state index is 12.0. The molecule has 118 valence electrons. The van der Waals surface area contributed by atoms with Crippen LogP contribution in [0, 0.1) is 5.41 Å². The predicted octanol–water partition coefficient (Wildman–Crippen LogP) is 2.89. The van der Waals surface area contributed by atoms with Crippen molar-refractivity contribution in [1.82, 2.24) is 10.6 Å². The Labute approximate surface area is 128 Å². The second-order valence-electron chi connectivity index (χ2n) is 6.45. The molecule has 2 amide bonds. The number of hydrogen-bond donors (Lipinski definition) is 3. The van der Waals surface area contributed by atoms with Crippen LogP contribution in [0.25, 0.3) is 0 Å². The second-order valence-corrected chi connectivity index (χ2v) is 6.45. The number of hydrogen-bond acceptors (Lipinski definition) is 2. The molecule has 21 heavy (non-hydrogen) atoms. The first-order chi connectivity index (χ1) is 9.85. The largest absolute Gasteiger partial charge is 0.396 e. The van der Waals surface area contributed by atoms with Crippen molar-refractivity contribution in [3.63, 3.8) is 0 Å². The molecular weight excluding hydrogens is 264 g/mol. The number of aliphatic hydroxyl groups is 1. The van der Waals surface area contributed by atoms with Crippen molar-refractivity contribution in [3.8, 4) is 0 Å². The first kappa shape index (κ1) is 17.5. The van der Waals surface area contributed by atoms with Gasteiger partial charge in [0, 0.05) is 25.1 Å². The molecule has 0 spiro atoms. The van der Waals surface area contributed by atoms with Crippen molar-refractivity contribution < 1.29 is 9.90 Å². The Kier molecular flexibility index (Phi) is 6.69. The van der Waals surface area contributed by atoms with Crippen LogP contribution < -0.4 is 10.6 Å². The van der Waals surface area contributed by atoms with Crippen LogP contribution in [0.1, 0.15) is 45.6 Å². The third kappa shape index (κ3) is 6.17. The van der Waals surface area contributed by atoms with Gasteiger partial charge >= 0.3 is 6.03 Å². The van der Waals surface area contributed by atoms with Crippen molar-refractivity contribution in [2.75, 3.05) is 13.2 Å². The zero-order valence-corrected chi connectivity index (χ0v) is 13.5. The van der Waals surface area contributed by atoms with E-state index in [1.807, 2.05) is 39.0 Å². The molecule has 0 saturated carbocycles. The van der Waals surface area contributed by atoms with Crippen LogP contribution in [-0.2, 0) is 0 Å². The summed E-state index contributed by atoms with van der Waals surface area (Å²) in [6.45, 7) is 8.86. The lowest BCUT2D eigenvalue weighted by atomic mass is 9.90. The highest BCUT2D eigenvalue weighted by molar-refractivity contribution is 5.74. The lowest BCUT2D eigenvalue weighted by Crippen LogP contribution is -2.45. The van der Waals surface area contributed by atoms with Crippen molar-refractivity contribution >= 4 is 6.03 Å². The first-order valence-corrected chi connectivity index (χ1v) is 7.56. The normalized spacial score (nSPS) is 14.3. The molecule has 0 radical (unpaired) electrons. The number of carbonyl (C=O) groups is 1. The van der Waals surface area contributed by atoms with Crippen molar-refractivity contribution in [2.24, 2.45) is 5.41 Å². The van der Waals surface area contributed by atoms with Crippen molar-refractivity contribution in [2.45, 2.75) is 46.1 Å². The smallest absolute Gasteiger partial charge is 0.315 e. The van der Waals surface area contributed by atoms with Gasteiger partial charge in [0.1, 0.15) is 0 Å². The van der Waals surface area contributed by atoms with Gasteiger partial charge in [-0.05, 0) is 24.3 Å². The molecule has 0 aliphatic carbocycles. The summed E-state index contributed by atoms with van der Waals surface area (Å²) in [5.74, 6) is 0.252. The lowest BCUT2D eigenvalue weighted by molar-refractivity contribution is 0.200. The van der Waals surface area contributed by atoms with Gasteiger partial charge in [0.2, 0.25) is 0 Å². The molecule has 0 aliphatic heterocycles. The van der Waals surface area contributed by atoms with Gasteiger partial charge < -0.3 is 15.7 Å². The zero-order chi connectivity index (χ0) is 15.9. The van der Waals surface area contributed by atoms with E-state index in [9.17, 15) is 4.79 Å². The molecule has 0 heterocycles. The molecular formula is C17H28N2O2. The summed E-state index contributed by atoms with van der Waals surface area (Å²) in [6.07, 6.45) is 0.670. The van der Waals surface area contributed by atoms with Gasteiger partial charge in [-0.3, -0.25) is 0 Å². The Morgan fingerprint density at radius 3 is 2.43 bits per heavy atom. The van der Waals surface area contributed by atoms with Crippen LogP contribution in [0.15, 0.2) is 30.3 Å². The standard InChI is InChI=1S/C17H28N2O2/c1-13(15-8-6-5-7-9-15)14(2)19-16(21)18-12-17(3,4)10-11-20/h5-9,13-14,20H,10-12H2,1-4H3,(H2,18,19,21). The fraction of sp³-hybridized carbons (Fsp3) is 0.588. The van der Waals surface area contributed by atoms with E-state index < -0.39 is 0 Å². The zero-order valence-electron chi connectivity index (χ0n) is 13.5. The van der Waals surface area contributed by atoms with E-state index in [4.69, 9.17) is 5.11 Å². The molecule has 0 aromatic heterocycles. The molecule has 4 heteroatoms.